The SMILES string of the molecule is COc1cc(C(=O)Nc2nnc(SCC(=O)Nc3ccc(C)c(Cl)c3)s2)cc(OC)c1OC. The number of thioether (sulfide) groups is 1. The summed E-state index contributed by atoms with van der Waals surface area (Å²) in [6.07, 6.45) is 0. The van der Waals surface area contributed by atoms with E-state index in [4.69, 9.17) is 25.8 Å². The summed E-state index contributed by atoms with van der Waals surface area (Å²) in [7, 11) is 4.42. The topological polar surface area (TPSA) is 112 Å². The number of carbonyl (C=O) groups excluding carboxylic acids is 2. The number of hydrogen-bond donors (Lipinski definition) is 2. The molecule has 0 radical (unpaired) electrons. The molecule has 0 aliphatic heterocycles. The molecule has 33 heavy (non-hydrogen) atoms. The number of anilines is 2. The standard InChI is InChI=1S/C21H21ClN4O5S2/c1-11-5-6-13(9-14(11)22)23-17(27)10-32-21-26-25-20(33-21)24-19(28)12-7-15(29-2)18(31-4)16(8-12)30-3/h5-9H,10H2,1-4H3,(H,23,27)(H,24,25,28). The Morgan fingerprint density at radius 2 is 1.73 bits per heavy atom. The average molecular weight is 509 g/mol. The van der Waals surface area contributed by atoms with E-state index >= 15 is 0 Å². The molecule has 0 saturated heterocycles. The van der Waals surface area contributed by atoms with E-state index in [2.05, 4.69) is 20.8 Å². The Labute approximate surface area is 203 Å². The van der Waals surface area contributed by atoms with Crippen LogP contribution in [0.15, 0.2) is 34.7 Å². The van der Waals surface area contributed by atoms with Gasteiger partial charge in [-0.3, -0.25) is 14.9 Å². The van der Waals surface area contributed by atoms with E-state index < -0.39 is 5.91 Å². The molecule has 9 nitrogen and oxygen atoms in total. The summed E-state index contributed by atoms with van der Waals surface area (Å²) in [5, 5.41) is 14.3. The van der Waals surface area contributed by atoms with Gasteiger partial charge in [0.25, 0.3) is 5.91 Å². The lowest BCUT2D eigenvalue weighted by Crippen LogP contribution is -2.13. The number of aromatic nitrogens is 2. The van der Waals surface area contributed by atoms with Crippen molar-refractivity contribution < 1.29 is 23.8 Å². The Balaban J connectivity index is 1.59. The van der Waals surface area contributed by atoms with Gasteiger partial charge >= 0.3 is 0 Å². The van der Waals surface area contributed by atoms with Crippen molar-refractivity contribution in [2.45, 2.75) is 11.3 Å². The Morgan fingerprint density at radius 3 is 2.33 bits per heavy atom. The summed E-state index contributed by atoms with van der Waals surface area (Å²) in [5.41, 5.74) is 1.84. The van der Waals surface area contributed by atoms with Gasteiger partial charge in [0, 0.05) is 16.3 Å². The normalized spacial score (nSPS) is 10.5. The Bertz CT molecular complexity index is 1150. The maximum absolute atomic E-state index is 12.7. The Kier molecular flexibility index (Phi) is 8.37. The van der Waals surface area contributed by atoms with Crippen molar-refractivity contribution in [3.05, 3.63) is 46.5 Å². The van der Waals surface area contributed by atoms with Crippen LogP contribution in [0, 0.1) is 6.92 Å². The first-order chi connectivity index (χ1) is 15.8. The monoisotopic (exact) mass is 508 g/mol. The van der Waals surface area contributed by atoms with Gasteiger partial charge in [-0.2, -0.15) is 0 Å². The van der Waals surface area contributed by atoms with Crippen molar-refractivity contribution in [2.75, 3.05) is 37.7 Å². The molecule has 1 heterocycles. The minimum Gasteiger partial charge on any atom is -0.493 e. The summed E-state index contributed by atoms with van der Waals surface area (Å²) in [4.78, 5) is 24.9. The first kappa shape index (κ1) is 24.6. The zero-order valence-electron chi connectivity index (χ0n) is 18.2. The third kappa shape index (κ3) is 6.28. The molecule has 2 aromatic carbocycles. The molecule has 12 heteroatoms. The van der Waals surface area contributed by atoms with Crippen LogP contribution in [-0.4, -0.2) is 49.1 Å². The average Bonchev–Trinajstić information content (AvgIpc) is 3.26. The smallest absolute Gasteiger partial charge is 0.257 e. The number of amides is 2. The second-order valence-corrected chi connectivity index (χ2v) is 9.15. The van der Waals surface area contributed by atoms with E-state index in [1.807, 2.05) is 13.0 Å². The van der Waals surface area contributed by atoms with Crippen LogP contribution in [-0.2, 0) is 4.79 Å². The van der Waals surface area contributed by atoms with Crippen molar-refractivity contribution in [1.29, 1.82) is 0 Å². The van der Waals surface area contributed by atoms with Gasteiger partial charge in [-0.25, -0.2) is 0 Å². The van der Waals surface area contributed by atoms with E-state index in [1.54, 1.807) is 12.1 Å². The van der Waals surface area contributed by atoms with Crippen LogP contribution in [0.1, 0.15) is 15.9 Å². The third-order valence-electron chi connectivity index (χ3n) is 4.34. The number of rotatable bonds is 9. The Morgan fingerprint density at radius 1 is 1.03 bits per heavy atom. The lowest BCUT2D eigenvalue weighted by atomic mass is 10.1. The van der Waals surface area contributed by atoms with Gasteiger partial charge < -0.3 is 19.5 Å². The first-order valence-corrected chi connectivity index (χ1v) is 11.7. The lowest BCUT2D eigenvalue weighted by Gasteiger charge is -2.13. The summed E-state index contributed by atoms with van der Waals surface area (Å²) < 4.78 is 16.3. The van der Waals surface area contributed by atoms with E-state index in [1.165, 1.54) is 45.2 Å². The molecule has 0 aliphatic carbocycles. The largest absolute Gasteiger partial charge is 0.493 e. The predicted octanol–water partition coefficient (Wildman–Crippen LogP) is 4.51. The highest BCUT2D eigenvalue weighted by Gasteiger charge is 2.18. The highest BCUT2D eigenvalue weighted by Crippen LogP contribution is 2.38. The number of benzene rings is 2. The number of aryl methyl sites for hydroxylation is 1. The zero-order valence-corrected chi connectivity index (χ0v) is 20.6. The number of hydrogen-bond acceptors (Lipinski definition) is 9. The van der Waals surface area contributed by atoms with Crippen molar-refractivity contribution in [3.63, 3.8) is 0 Å². The number of nitrogens with zero attached hydrogens (tertiary/aromatic N) is 2. The van der Waals surface area contributed by atoms with Crippen LogP contribution < -0.4 is 24.8 Å². The van der Waals surface area contributed by atoms with Crippen LogP contribution in [0.3, 0.4) is 0 Å². The van der Waals surface area contributed by atoms with E-state index in [9.17, 15) is 9.59 Å². The Hall–Kier alpha value is -3.02. The number of nitrogens with one attached hydrogen (secondary N) is 2. The fraction of sp³-hybridized carbons (Fsp3) is 0.238. The number of carbonyl (C=O) groups is 2. The molecule has 3 aromatic rings. The van der Waals surface area contributed by atoms with Crippen LogP contribution in [0.25, 0.3) is 0 Å². The molecule has 0 unspecified atom stereocenters. The molecule has 0 fully saturated rings. The highest BCUT2D eigenvalue weighted by atomic mass is 35.5. The molecule has 0 spiro atoms. The van der Waals surface area contributed by atoms with Crippen molar-refractivity contribution in [1.82, 2.24) is 10.2 Å². The minimum absolute atomic E-state index is 0.126. The predicted molar refractivity (Wildman–Crippen MR) is 130 cm³/mol. The molecule has 0 aliphatic rings. The molecule has 2 N–H and O–H groups in total. The number of halogens is 1. The first-order valence-electron chi connectivity index (χ1n) is 9.48. The molecular formula is C21H21ClN4O5S2. The molecule has 3 rings (SSSR count). The molecule has 2 amide bonds. The van der Waals surface area contributed by atoms with Crippen molar-refractivity contribution in [2.24, 2.45) is 0 Å². The van der Waals surface area contributed by atoms with Gasteiger partial charge in [0.05, 0.1) is 27.1 Å². The van der Waals surface area contributed by atoms with Crippen LogP contribution >= 0.6 is 34.7 Å². The van der Waals surface area contributed by atoms with E-state index in [-0.39, 0.29) is 11.7 Å². The fourth-order valence-electron chi connectivity index (χ4n) is 2.70. The molecule has 0 bridgehead atoms. The second-order valence-electron chi connectivity index (χ2n) is 6.54. The summed E-state index contributed by atoms with van der Waals surface area (Å²) >= 11 is 8.44. The molecule has 174 valence electrons. The van der Waals surface area contributed by atoms with Gasteiger partial charge in [-0.1, -0.05) is 40.8 Å². The van der Waals surface area contributed by atoms with Gasteiger partial charge in [0.1, 0.15) is 0 Å². The minimum atomic E-state index is -0.420. The highest BCUT2D eigenvalue weighted by molar-refractivity contribution is 8.01. The molecule has 0 atom stereocenters. The second kappa shape index (κ2) is 11.2. The van der Waals surface area contributed by atoms with Crippen molar-refractivity contribution in [3.8, 4) is 17.2 Å². The zero-order chi connectivity index (χ0) is 24.0. The van der Waals surface area contributed by atoms with Crippen molar-refractivity contribution >= 4 is 57.3 Å². The molecular weight excluding hydrogens is 488 g/mol. The van der Waals surface area contributed by atoms with Crippen LogP contribution in [0.4, 0.5) is 10.8 Å². The quantitative estimate of drug-likeness (QED) is 0.321. The maximum Gasteiger partial charge on any atom is 0.257 e. The number of ether oxygens (including phenoxy) is 3. The maximum atomic E-state index is 12.7. The summed E-state index contributed by atoms with van der Waals surface area (Å²) in [5.74, 6) is 0.597. The van der Waals surface area contributed by atoms with Gasteiger partial charge in [0.15, 0.2) is 15.8 Å². The number of methoxy groups -OCH3 is 3. The third-order valence-corrected chi connectivity index (χ3v) is 6.72. The molecule has 1 aromatic heterocycles. The van der Waals surface area contributed by atoms with Gasteiger partial charge in [-0.05, 0) is 36.8 Å². The lowest BCUT2D eigenvalue weighted by molar-refractivity contribution is -0.113. The van der Waals surface area contributed by atoms with E-state index in [0.717, 1.165) is 16.9 Å². The summed E-state index contributed by atoms with van der Waals surface area (Å²) in [6.45, 7) is 1.89. The van der Waals surface area contributed by atoms with Crippen LogP contribution in [0.5, 0.6) is 17.2 Å². The fourth-order valence-corrected chi connectivity index (χ4v) is 4.42. The van der Waals surface area contributed by atoms with Gasteiger partial charge in [-0.15, -0.1) is 10.2 Å². The summed E-state index contributed by atoms with van der Waals surface area (Å²) in [6, 6.07) is 8.38. The van der Waals surface area contributed by atoms with E-state index in [0.29, 0.717) is 43.0 Å². The molecule has 0 saturated carbocycles. The van der Waals surface area contributed by atoms with Gasteiger partial charge in [0.2, 0.25) is 16.8 Å². The van der Waals surface area contributed by atoms with Crippen LogP contribution in [0.2, 0.25) is 5.02 Å².